The van der Waals surface area contributed by atoms with Gasteiger partial charge in [0.2, 0.25) is 11.8 Å². The minimum atomic E-state index is -0.235. The van der Waals surface area contributed by atoms with E-state index in [1.54, 1.807) is 7.11 Å². The Morgan fingerprint density at radius 3 is 2.67 bits per heavy atom. The Balaban J connectivity index is 1.45. The molecule has 3 rings (SSSR count). The van der Waals surface area contributed by atoms with Crippen molar-refractivity contribution in [3.8, 4) is 5.75 Å². The van der Waals surface area contributed by atoms with Gasteiger partial charge in [-0.1, -0.05) is 26.0 Å². The van der Waals surface area contributed by atoms with Crippen molar-refractivity contribution in [3.05, 3.63) is 29.8 Å². The molecule has 2 heterocycles. The first-order valence-electron chi connectivity index (χ1n) is 9.68. The van der Waals surface area contributed by atoms with Crippen LogP contribution in [-0.2, 0) is 16.0 Å². The van der Waals surface area contributed by atoms with Crippen LogP contribution in [0.4, 0.5) is 0 Å². The Bertz CT molecular complexity index is 662. The number of benzene rings is 1. The highest BCUT2D eigenvalue weighted by molar-refractivity contribution is 5.85. The van der Waals surface area contributed by atoms with Crippen molar-refractivity contribution in [1.82, 2.24) is 21.1 Å². The molecule has 2 aliphatic rings. The molecule has 2 amide bonds. The molecule has 1 aromatic rings. The summed E-state index contributed by atoms with van der Waals surface area (Å²) in [5.41, 5.74) is 7.41. The predicted molar refractivity (Wildman–Crippen MR) is 103 cm³/mol. The number of hydrogen-bond acceptors (Lipinski definition) is 5. The summed E-state index contributed by atoms with van der Waals surface area (Å²) in [4.78, 5) is 26.6. The molecule has 0 spiro atoms. The van der Waals surface area contributed by atoms with Crippen molar-refractivity contribution < 1.29 is 14.3 Å². The van der Waals surface area contributed by atoms with Gasteiger partial charge in [-0.15, -0.1) is 0 Å². The van der Waals surface area contributed by atoms with Gasteiger partial charge >= 0.3 is 0 Å². The molecule has 7 heteroatoms. The molecule has 0 bridgehead atoms. The van der Waals surface area contributed by atoms with Crippen LogP contribution in [0.25, 0.3) is 0 Å². The topological polar surface area (TPSA) is 82.7 Å². The molecule has 3 atom stereocenters. The third kappa shape index (κ3) is 4.99. The number of amides is 2. The van der Waals surface area contributed by atoms with Gasteiger partial charge in [0.15, 0.2) is 0 Å². The second-order valence-corrected chi connectivity index (χ2v) is 7.77. The molecule has 0 radical (unpaired) electrons. The van der Waals surface area contributed by atoms with Crippen LogP contribution >= 0.6 is 0 Å². The van der Waals surface area contributed by atoms with Crippen LogP contribution in [0.15, 0.2) is 24.3 Å². The quantitative estimate of drug-likeness (QED) is 0.659. The largest absolute Gasteiger partial charge is 0.497 e. The number of methoxy groups -OCH3 is 1. The Morgan fingerprint density at radius 2 is 2.04 bits per heavy atom. The second kappa shape index (κ2) is 8.71. The summed E-state index contributed by atoms with van der Waals surface area (Å²) >= 11 is 0. The Hall–Kier alpha value is -2.12. The monoisotopic (exact) mass is 374 g/mol. The van der Waals surface area contributed by atoms with Gasteiger partial charge in [-0.3, -0.25) is 15.0 Å². The molecule has 27 heavy (non-hydrogen) atoms. The van der Waals surface area contributed by atoms with Crippen molar-refractivity contribution in [2.45, 2.75) is 51.2 Å². The number of carbonyl (C=O) groups is 2. The average molecular weight is 374 g/mol. The highest BCUT2D eigenvalue weighted by atomic mass is 16.5. The van der Waals surface area contributed by atoms with Crippen molar-refractivity contribution in [1.29, 1.82) is 0 Å². The lowest BCUT2D eigenvalue weighted by molar-refractivity contribution is -0.127. The van der Waals surface area contributed by atoms with Gasteiger partial charge in [0.25, 0.3) is 0 Å². The second-order valence-electron chi connectivity index (χ2n) is 7.77. The number of hydrogen-bond donors (Lipinski definition) is 3. The number of nitrogens with one attached hydrogen (secondary N) is 3. The van der Waals surface area contributed by atoms with Gasteiger partial charge in [0, 0.05) is 25.6 Å². The van der Waals surface area contributed by atoms with E-state index in [9.17, 15) is 9.59 Å². The van der Waals surface area contributed by atoms with Gasteiger partial charge < -0.3 is 15.0 Å². The lowest BCUT2D eigenvalue weighted by atomic mass is 9.99. The number of rotatable bonds is 7. The highest BCUT2D eigenvalue weighted by Crippen LogP contribution is 2.17. The molecule has 3 unspecified atom stereocenters. The number of likely N-dealkylation sites (tertiary alicyclic amines) is 1. The van der Waals surface area contributed by atoms with Crippen LogP contribution in [0.3, 0.4) is 0 Å². The lowest BCUT2D eigenvalue weighted by Crippen LogP contribution is -2.47. The smallest absolute Gasteiger partial charge is 0.238 e. The number of nitrogens with zero attached hydrogens (tertiary/aromatic N) is 1. The zero-order valence-corrected chi connectivity index (χ0v) is 16.3. The third-order valence-corrected chi connectivity index (χ3v) is 5.44. The van der Waals surface area contributed by atoms with Gasteiger partial charge in [0.1, 0.15) is 11.8 Å². The van der Waals surface area contributed by atoms with Crippen molar-refractivity contribution in [3.63, 3.8) is 0 Å². The number of carbonyl (C=O) groups excluding carboxylic acids is 2. The molecular weight excluding hydrogens is 344 g/mol. The number of hydrazine groups is 1. The molecule has 2 saturated heterocycles. The van der Waals surface area contributed by atoms with Crippen LogP contribution in [0.2, 0.25) is 0 Å². The molecule has 1 aromatic carbocycles. The fraction of sp³-hybridized carbons (Fsp3) is 0.600. The molecule has 7 nitrogen and oxygen atoms in total. The molecule has 0 saturated carbocycles. The standard InChI is InChI=1S/C20H30N4O3/c1-13(2)17-11-18(23-22-17)20(26)21-15-10-19(25)24(12-15)9-8-14-4-6-16(27-3)7-5-14/h4-7,13,15,17-18,22-23H,8-12H2,1-3H3,(H,21,26). The van der Waals surface area contributed by atoms with Gasteiger partial charge in [-0.05, 0) is 36.5 Å². The van der Waals surface area contributed by atoms with Crippen LogP contribution in [0.5, 0.6) is 5.75 Å². The summed E-state index contributed by atoms with van der Waals surface area (Å²) < 4.78 is 5.16. The predicted octanol–water partition coefficient (Wildman–Crippen LogP) is 0.846. The molecule has 0 aromatic heterocycles. The molecule has 2 aliphatic heterocycles. The zero-order chi connectivity index (χ0) is 19.4. The lowest BCUT2D eigenvalue weighted by Gasteiger charge is -2.18. The van der Waals surface area contributed by atoms with Crippen LogP contribution in [0.1, 0.15) is 32.3 Å². The molecule has 0 aliphatic carbocycles. The van der Waals surface area contributed by atoms with E-state index in [1.807, 2.05) is 29.2 Å². The van der Waals surface area contributed by atoms with Gasteiger partial charge in [-0.2, -0.15) is 0 Å². The summed E-state index contributed by atoms with van der Waals surface area (Å²) in [6, 6.07) is 7.84. The first-order valence-corrected chi connectivity index (χ1v) is 9.68. The first-order chi connectivity index (χ1) is 13.0. The Kier molecular flexibility index (Phi) is 6.34. The van der Waals surface area contributed by atoms with E-state index in [-0.39, 0.29) is 23.9 Å². The first kappa shape index (κ1) is 19.6. The maximum absolute atomic E-state index is 12.5. The van der Waals surface area contributed by atoms with Crippen LogP contribution in [0, 0.1) is 5.92 Å². The van der Waals surface area contributed by atoms with Crippen LogP contribution < -0.4 is 20.9 Å². The molecular formula is C20H30N4O3. The van der Waals surface area contributed by atoms with E-state index in [1.165, 1.54) is 0 Å². The van der Waals surface area contributed by atoms with E-state index < -0.39 is 0 Å². The van der Waals surface area contributed by atoms with E-state index >= 15 is 0 Å². The summed E-state index contributed by atoms with van der Waals surface area (Å²) in [5.74, 6) is 1.37. The van der Waals surface area contributed by atoms with Crippen LogP contribution in [-0.4, -0.2) is 55.0 Å². The summed E-state index contributed by atoms with van der Waals surface area (Å²) in [5, 5.41) is 3.03. The van der Waals surface area contributed by atoms with Gasteiger partial charge in [-0.25, -0.2) is 5.43 Å². The summed E-state index contributed by atoms with van der Waals surface area (Å²) in [7, 11) is 1.65. The van der Waals surface area contributed by atoms with E-state index in [0.717, 1.165) is 24.2 Å². The minimum absolute atomic E-state index is 0.0274. The highest BCUT2D eigenvalue weighted by Gasteiger charge is 2.35. The molecule has 3 N–H and O–H groups in total. The van der Waals surface area contributed by atoms with Crippen molar-refractivity contribution in [2.75, 3.05) is 20.2 Å². The Morgan fingerprint density at radius 1 is 1.30 bits per heavy atom. The van der Waals surface area contributed by atoms with Gasteiger partial charge in [0.05, 0.1) is 13.2 Å². The SMILES string of the molecule is COc1ccc(CCN2CC(NC(=O)C3CC(C(C)C)NN3)CC2=O)cc1. The molecule has 2 fully saturated rings. The molecule has 148 valence electrons. The normalized spacial score (nSPS) is 25.3. The fourth-order valence-corrected chi connectivity index (χ4v) is 3.63. The Labute approximate surface area is 160 Å². The summed E-state index contributed by atoms with van der Waals surface area (Å²) in [6.45, 7) is 5.51. The maximum Gasteiger partial charge on any atom is 0.238 e. The third-order valence-electron chi connectivity index (χ3n) is 5.44. The van der Waals surface area contributed by atoms with E-state index in [2.05, 4.69) is 30.0 Å². The average Bonchev–Trinajstić information content (AvgIpc) is 3.27. The van der Waals surface area contributed by atoms with Crippen molar-refractivity contribution >= 4 is 11.8 Å². The van der Waals surface area contributed by atoms with E-state index in [0.29, 0.717) is 31.5 Å². The van der Waals surface area contributed by atoms with E-state index in [4.69, 9.17) is 4.74 Å². The minimum Gasteiger partial charge on any atom is -0.497 e. The summed E-state index contributed by atoms with van der Waals surface area (Å²) in [6.07, 6.45) is 1.94. The fourth-order valence-electron chi connectivity index (χ4n) is 3.63. The number of ether oxygens (including phenoxy) is 1. The van der Waals surface area contributed by atoms with Crippen molar-refractivity contribution in [2.24, 2.45) is 5.92 Å². The maximum atomic E-state index is 12.5. The zero-order valence-electron chi connectivity index (χ0n) is 16.3.